The second kappa shape index (κ2) is 8.73. The number of aromatic nitrogens is 2. The molecule has 34 heavy (non-hydrogen) atoms. The van der Waals surface area contributed by atoms with E-state index in [9.17, 15) is 4.79 Å². The zero-order valence-corrected chi connectivity index (χ0v) is 21.0. The highest BCUT2D eigenvalue weighted by Gasteiger charge is 2.42. The molecule has 0 bridgehead atoms. The third-order valence-electron chi connectivity index (χ3n) is 7.07. The fourth-order valence-electron chi connectivity index (χ4n) is 5.36. The van der Waals surface area contributed by atoms with E-state index in [1.807, 2.05) is 31.7 Å². The molecule has 2 aliphatic heterocycles. The van der Waals surface area contributed by atoms with Crippen LogP contribution in [0.15, 0.2) is 48.7 Å². The summed E-state index contributed by atoms with van der Waals surface area (Å²) >= 11 is 0. The number of fused-ring (bicyclic) bond motifs is 2. The van der Waals surface area contributed by atoms with E-state index in [0.717, 1.165) is 44.1 Å². The van der Waals surface area contributed by atoms with Crippen molar-refractivity contribution < 1.29 is 9.53 Å². The molecular formula is C28H36N4O2. The molecule has 0 spiro atoms. The van der Waals surface area contributed by atoms with Crippen LogP contribution in [0, 0.1) is 11.8 Å². The molecule has 0 radical (unpaired) electrons. The molecule has 2 saturated heterocycles. The molecule has 5 rings (SSSR count). The normalized spacial score (nSPS) is 20.9. The molecule has 2 atom stereocenters. The number of amides is 1. The van der Waals surface area contributed by atoms with Gasteiger partial charge in [0.25, 0.3) is 0 Å². The summed E-state index contributed by atoms with van der Waals surface area (Å²) < 4.78 is 7.83. The number of ether oxygens (including phenoxy) is 1. The molecule has 0 N–H and O–H groups in total. The van der Waals surface area contributed by atoms with E-state index >= 15 is 0 Å². The Labute approximate surface area is 202 Å². The van der Waals surface area contributed by atoms with E-state index in [-0.39, 0.29) is 6.09 Å². The van der Waals surface area contributed by atoms with E-state index in [2.05, 4.69) is 65.7 Å². The minimum atomic E-state index is -0.451. The van der Waals surface area contributed by atoms with Crippen molar-refractivity contribution in [3.8, 4) is 11.3 Å². The van der Waals surface area contributed by atoms with Crippen molar-refractivity contribution >= 4 is 11.7 Å². The summed E-state index contributed by atoms with van der Waals surface area (Å²) in [6.45, 7) is 14.6. The molecule has 3 aromatic rings. The van der Waals surface area contributed by atoms with Crippen molar-refractivity contribution in [1.29, 1.82) is 0 Å². The molecule has 0 saturated carbocycles. The number of likely N-dealkylation sites (tertiary alicyclic amines) is 2. The van der Waals surface area contributed by atoms with E-state index in [0.29, 0.717) is 17.8 Å². The Kier molecular flexibility index (Phi) is 5.88. The van der Waals surface area contributed by atoms with Gasteiger partial charge in [0.05, 0.1) is 11.4 Å². The van der Waals surface area contributed by atoms with Crippen molar-refractivity contribution in [2.24, 2.45) is 11.8 Å². The predicted molar refractivity (Wildman–Crippen MR) is 135 cm³/mol. The monoisotopic (exact) mass is 460 g/mol. The number of hydrogen-bond acceptors (Lipinski definition) is 4. The summed E-state index contributed by atoms with van der Waals surface area (Å²) in [6, 6.07) is 15.0. The number of carbonyl (C=O) groups is 1. The molecule has 4 heterocycles. The third kappa shape index (κ3) is 4.56. The molecule has 2 aliphatic rings. The maximum atomic E-state index is 12.5. The summed E-state index contributed by atoms with van der Waals surface area (Å²) in [5, 5.41) is 0. The maximum absolute atomic E-state index is 12.5. The van der Waals surface area contributed by atoms with Crippen LogP contribution in [0.5, 0.6) is 0 Å². The first-order valence-electron chi connectivity index (χ1n) is 12.4. The molecule has 6 heteroatoms. The highest BCUT2D eigenvalue weighted by molar-refractivity contribution is 5.69. The largest absolute Gasteiger partial charge is 0.444 e. The van der Waals surface area contributed by atoms with Gasteiger partial charge in [-0.1, -0.05) is 44.2 Å². The van der Waals surface area contributed by atoms with Gasteiger partial charge in [-0.15, -0.1) is 0 Å². The lowest BCUT2D eigenvalue weighted by Crippen LogP contribution is -2.37. The first kappa shape index (κ1) is 22.9. The summed E-state index contributed by atoms with van der Waals surface area (Å²) in [6.07, 6.45) is 1.94. The van der Waals surface area contributed by atoms with Crippen molar-refractivity contribution in [3.63, 3.8) is 0 Å². The number of rotatable bonds is 4. The highest BCUT2D eigenvalue weighted by atomic mass is 16.6. The van der Waals surface area contributed by atoms with E-state index in [4.69, 9.17) is 9.72 Å². The summed E-state index contributed by atoms with van der Waals surface area (Å²) in [7, 11) is 0. The van der Waals surface area contributed by atoms with Crippen LogP contribution in [0.3, 0.4) is 0 Å². The topological polar surface area (TPSA) is 50.1 Å². The van der Waals surface area contributed by atoms with Crippen LogP contribution in [-0.4, -0.2) is 57.1 Å². The zero-order valence-electron chi connectivity index (χ0n) is 21.0. The van der Waals surface area contributed by atoms with E-state index in [1.165, 1.54) is 16.8 Å². The average molecular weight is 461 g/mol. The lowest BCUT2D eigenvalue weighted by molar-refractivity contribution is 0.0274. The molecule has 6 nitrogen and oxygen atoms in total. The Bertz CT molecular complexity index is 1160. The van der Waals surface area contributed by atoms with Gasteiger partial charge in [-0.05, 0) is 56.2 Å². The van der Waals surface area contributed by atoms with Crippen LogP contribution in [-0.2, 0) is 11.3 Å². The molecule has 2 fully saturated rings. The maximum Gasteiger partial charge on any atom is 0.410 e. The van der Waals surface area contributed by atoms with Crippen molar-refractivity contribution in [2.75, 3.05) is 26.2 Å². The Hall–Kier alpha value is -2.86. The van der Waals surface area contributed by atoms with Gasteiger partial charge < -0.3 is 14.0 Å². The van der Waals surface area contributed by atoms with E-state index in [1.54, 1.807) is 0 Å². The van der Waals surface area contributed by atoms with Crippen LogP contribution < -0.4 is 0 Å². The standard InChI is InChI=1S/C28H36N4O2/c1-19(2)20-9-11-21(12-10-20)26-24(32-13-7-6-8-25(32)29-26)18-30-14-22-16-31(17-23(22)15-30)27(33)34-28(3,4)5/h6-13,19,22-23H,14-18H2,1-5H3. The molecule has 1 aromatic carbocycles. The molecule has 1 amide bonds. The van der Waals surface area contributed by atoms with Gasteiger partial charge >= 0.3 is 6.09 Å². The first-order chi connectivity index (χ1) is 16.2. The first-order valence-corrected chi connectivity index (χ1v) is 12.4. The lowest BCUT2D eigenvalue weighted by Gasteiger charge is -2.26. The predicted octanol–water partition coefficient (Wildman–Crippen LogP) is 5.42. The molecule has 180 valence electrons. The molecular weight excluding hydrogens is 424 g/mol. The minimum Gasteiger partial charge on any atom is -0.444 e. The van der Waals surface area contributed by atoms with Crippen LogP contribution in [0.2, 0.25) is 0 Å². The second-order valence-electron chi connectivity index (χ2n) is 11.2. The highest BCUT2D eigenvalue weighted by Crippen LogP contribution is 2.34. The Morgan fingerprint density at radius 3 is 2.32 bits per heavy atom. The smallest absolute Gasteiger partial charge is 0.410 e. The van der Waals surface area contributed by atoms with Gasteiger partial charge in [-0.2, -0.15) is 0 Å². The van der Waals surface area contributed by atoms with Gasteiger partial charge in [-0.25, -0.2) is 9.78 Å². The second-order valence-corrected chi connectivity index (χ2v) is 11.2. The summed E-state index contributed by atoms with van der Waals surface area (Å²) in [5.41, 5.74) is 5.34. The number of benzene rings is 1. The van der Waals surface area contributed by atoms with Crippen LogP contribution in [0.1, 0.15) is 51.8 Å². The SMILES string of the molecule is CC(C)c1ccc(-c2nc3ccccn3c2CN2CC3CN(C(=O)OC(C)(C)C)CC3C2)cc1. The zero-order chi connectivity index (χ0) is 24.0. The van der Waals surface area contributed by atoms with Crippen LogP contribution in [0.4, 0.5) is 4.79 Å². The van der Waals surface area contributed by atoms with Gasteiger partial charge in [0.15, 0.2) is 0 Å². The number of imidazole rings is 1. The number of carbonyl (C=O) groups excluding carboxylic acids is 1. The summed E-state index contributed by atoms with van der Waals surface area (Å²) in [4.78, 5) is 22.0. The van der Waals surface area contributed by atoms with Gasteiger partial charge in [-0.3, -0.25) is 4.90 Å². The Morgan fingerprint density at radius 2 is 1.71 bits per heavy atom. The molecule has 2 aromatic heterocycles. The fraction of sp³-hybridized carbons (Fsp3) is 0.500. The van der Waals surface area contributed by atoms with Gasteiger partial charge in [0.2, 0.25) is 0 Å². The number of pyridine rings is 1. The van der Waals surface area contributed by atoms with E-state index < -0.39 is 5.60 Å². The lowest BCUT2D eigenvalue weighted by atomic mass is 10.0. The molecule has 2 unspecified atom stereocenters. The van der Waals surface area contributed by atoms with Crippen molar-refractivity contribution in [3.05, 3.63) is 59.9 Å². The average Bonchev–Trinajstić information content (AvgIpc) is 3.45. The summed E-state index contributed by atoms with van der Waals surface area (Å²) in [5.74, 6) is 1.51. The van der Waals surface area contributed by atoms with Crippen molar-refractivity contribution in [2.45, 2.75) is 52.7 Å². The van der Waals surface area contributed by atoms with Gasteiger partial charge in [0.1, 0.15) is 11.2 Å². The van der Waals surface area contributed by atoms with Crippen molar-refractivity contribution in [1.82, 2.24) is 19.2 Å². The van der Waals surface area contributed by atoms with Crippen LogP contribution >= 0.6 is 0 Å². The minimum absolute atomic E-state index is 0.178. The number of hydrogen-bond donors (Lipinski definition) is 0. The Morgan fingerprint density at radius 1 is 1.03 bits per heavy atom. The van der Waals surface area contributed by atoms with Crippen LogP contribution in [0.25, 0.3) is 16.9 Å². The third-order valence-corrected chi connectivity index (χ3v) is 7.07. The quantitative estimate of drug-likeness (QED) is 0.521. The number of nitrogens with zero attached hydrogens (tertiary/aromatic N) is 4. The fourth-order valence-corrected chi connectivity index (χ4v) is 5.36. The van der Waals surface area contributed by atoms with Gasteiger partial charge in [0, 0.05) is 44.5 Å². The molecule has 0 aliphatic carbocycles. The Balaban J connectivity index is 1.33.